The van der Waals surface area contributed by atoms with E-state index in [1.54, 1.807) is 56.5 Å². The summed E-state index contributed by atoms with van der Waals surface area (Å²) in [5.41, 5.74) is 2.53. The number of rotatable bonds is 23. The fourth-order valence-corrected chi connectivity index (χ4v) is 9.96. The van der Waals surface area contributed by atoms with Gasteiger partial charge in [0, 0.05) is 24.8 Å². The lowest BCUT2D eigenvalue weighted by Gasteiger charge is -2.38. The van der Waals surface area contributed by atoms with Gasteiger partial charge in [-0.15, -0.1) is 0 Å². The largest absolute Gasteiger partial charge is 0.497 e. The van der Waals surface area contributed by atoms with Gasteiger partial charge < -0.3 is 42.8 Å². The molecular formula is C50H58N7O9P. The molecule has 1 aliphatic heterocycles. The summed E-state index contributed by atoms with van der Waals surface area (Å²) in [4.78, 5) is 27.2. The summed E-state index contributed by atoms with van der Waals surface area (Å²) in [5, 5.41) is 12.5. The predicted octanol–water partition coefficient (Wildman–Crippen LogP) is 8.69. The zero-order chi connectivity index (χ0) is 47.3. The van der Waals surface area contributed by atoms with Crippen molar-refractivity contribution in [3.8, 4) is 17.6 Å². The number of anilines is 1. The first-order valence-electron chi connectivity index (χ1n) is 22.2. The molecular weight excluding hydrogens is 874 g/mol. The van der Waals surface area contributed by atoms with Gasteiger partial charge in [0.1, 0.15) is 41.7 Å². The standard InChI is InChI=1S/C50H58N7O9P/c1-34(2)57(35(3)4)67(64-28-14-27-51)66-45-44(62-30-29-59-5)42(65-49(45)56-33-54-43-46(52-32-53-47(43)56)55-48(58)36-15-10-8-11-16-36)31-63-50(37-17-12-9-13-18-37,38-19-23-40(60-6)24-20-38)39-21-25-41(61-7)26-22-39/h8-13,15-26,32-35,42,44-45,49H,14,28-31H2,1-7H3,(H,52,53,55,58)/t42-,44+,45?,49-,67?/m1/s1. The van der Waals surface area contributed by atoms with Crippen LogP contribution in [0.5, 0.6) is 11.5 Å². The Balaban J connectivity index is 1.35. The van der Waals surface area contributed by atoms with Crippen molar-refractivity contribution >= 4 is 31.4 Å². The van der Waals surface area contributed by atoms with E-state index in [4.69, 9.17) is 42.5 Å². The van der Waals surface area contributed by atoms with Crippen LogP contribution in [-0.2, 0) is 33.6 Å². The molecule has 0 bridgehead atoms. The van der Waals surface area contributed by atoms with Crippen LogP contribution in [0, 0.1) is 11.3 Å². The molecule has 1 N–H and O–H groups in total. The van der Waals surface area contributed by atoms with Crippen LogP contribution < -0.4 is 14.8 Å². The Morgan fingerprint density at radius 3 is 2.00 bits per heavy atom. The Morgan fingerprint density at radius 1 is 0.806 bits per heavy atom. The Morgan fingerprint density at radius 2 is 1.42 bits per heavy atom. The molecule has 1 aliphatic rings. The van der Waals surface area contributed by atoms with Crippen LogP contribution in [0.1, 0.15) is 67.4 Å². The van der Waals surface area contributed by atoms with Crippen LogP contribution >= 0.6 is 8.53 Å². The Kier molecular flexibility index (Phi) is 17.0. The van der Waals surface area contributed by atoms with Gasteiger partial charge in [-0.1, -0.05) is 72.8 Å². The van der Waals surface area contributed by atoms with Crippen LogP contribution in [0.25, 0.3) is 11.2 Å². The van der Waals surface area contributed by atoms with Gasteiger partial charge >= 0.3 is 0 Å². The number of carbonyl (C=O) groups is 1. The minimum absolute atomic E-state index is 0.000888. The molecule has 0 spiro atoms. The van der Waals surface area contributed by atoms with Gasteiger partial charge in [0.25, 0.3) is 14.4 Å². The third-order valence-corrected chi connectivity index (χ3v) is 13.4. The topological polar surface area (TPSA) is 174 Å². The molecule has 2 aromatic heterocycles. The molecule has 17 heteroatoms. The highest BCUT2D eigenvalue weighted by Gasteiger charge is 2.52. The van der Waals surface area contributed by atoms with Crippen molar-refractivity contribution in [1.82, 2.24) is 24.2 Å². The molecule has 0 radical (unpaired) electrons. The Bertz CT molecular complexity index is 2470. The van der Waals surface area contributed by atoms with E-state index in [-0.39, 0.29) is 56.7 Å². The van der Waals surface area contributed by atoms with Crippen molar-refractivity contribution < 1.29 is 42.3 Å². The van der Waals surface area contributed by atoms with Crippen LogP contribution in [0.15, 0.2) is 122 Å². The molecule has 0 saturated carbocycles. The number of benzene rings is 4. The van der Waals surface area contributed by atoms with E-state index in [2.05, 4.69) is 53.7 Å². The molecule has 4 aromatic carbocycles. The number of fused-ring (bicyclic) bond motifs is 1. The van der Waals surface area contributed by atoms with Gasteiger partial charge in [0.15, 0.2) is 23.2 Å². The summed E-state index contributed by atoms with van der Waals surface area (Å²) >= 11 is 0. The number of hydrogen-bond donors (Lipinski definition) is 1. The van der Waals surface area contributed by atoms with Crippen molar-refractivity contribution in [3.63, 3.8) is 0 Å². The molecule has 5 atom stereocenters. The van der Waals surface area contributed by atoms with E-state index in [1.165, 1.54) is 6.33 Å². The average molecular weight is 932 g/mol. The van der Waals surface area contributed by atoms with Crippen LogP contribution in [0.2, 0.25) is 0 Å². The molecule has 1 saturated heterocycles. The van der Waals surface area contributed by atoms with Crippen molar-refractivity contribution in [1.29, 1.82) is 5.26 Å². The average Bonchev–Trinajstić information content (AvgIpc) is 3.94. The van der Waals surface area contributed by atoms with E-state index >= 15 is 0 Å². The highest BCUT2D eigenvalue weighted by atomic mass is 31.2. The molecule has 1 amide bonds. The number of carbonyl (C=O) groups excluding carboxylic acids is 1. The highest BCUT2D eigenvalue weighted by molar-refractivity contribution is 7.44. The van der Waals surface area contributed by atoms with Crippen LogP contribution in [0.3, 0.4) is 0 Å². The summed E-state index contributed by atoms with van der Waals surface area (Å²) in [5.74, 6) is 1.26. The lowest BCUT2D eigenvalue weighted by Crippen LogP contribution is -2.43. The number of nitriles is 1. The van der Waals surface area contributed by atoms with Crippen molar-refractivity contribution in [2.45, 2.75) is 76.3 Å². The molecule has 3 heterocycles. The third-order valence-electron chi connectivity index (χ3n) is 11.3. The van der Waals surface area contributed by atoms with Crippen molar-refractivity contribution in [2.75, 3.05) is 53.1 Å². The number of ether oxygens (including phenoxy) is 6. The maximum Gasteiger partial charge on any atom is 0.259 e. The van der Waals surface area contributed by atoms with Crippen molar-refractivity contribution in [2.24, 2.45) is 0 Å². The van der Waals surface area contributed by atoms with E-state index in [9.17, 15) is 10.1 Å². The fourth-order valence-electron chi connectivity index (χ4n) is 8.23. The number of methoxy groups -OCH3 is 3. The van der Waals surface area contributed by atoms with Gasteiger partial charge in [0.2, 0.25) is 0 Å². The maximum absolute atomic E-state index is 13.4. The fraction of sp³-hybridized carbons (Fsp3) is 0.380. The predicted molar refractivity (Wildman–Crippen MR) is 254 cm³/mol. The summed E-state index contributed by atoms with van der Waals surface area (Å²) < 4.78 is 55.7. The zero-order valence-electron chi connectivity index (χ0n) is 38.9. The number of hydrogen-bond acceptors (Lipinski definition) is 14. The Hall–Kier alpha value is -5.86. The summed E-state index contributed by atoms with van der Waals surface area (Å²) in [6.07, 6.45) is -0.251. The number of nitrogens with one attached hydrogen (secondary N) is 1. The molecule has 16 nitrogen and oxygen atoms in total. The second-order valence-corrected chi connectivity index (χ2v) is 17.6. The summed E-state index contributed by atoms with van der Waals surface area (Å²) in [7, 11) is 3.05. The van der Waals surface area contributed by atoms with Gasteiger partial charge in [0.05, 0.1) is 59.5 Å². The summed E-state index contributed by atoms with van der Waals surface area (Å²) in [6, 6.07) is 36.7. The van der Waals surface area contributed by atoms with E-state index in [0.717, 1.165) is 16.7 Å². The number of imidazole rings is 1. The minimum Gasteiger partial charge on any atom is -0.497 e. The molecule has 6 aromatic rings. The lowest BCUT2D eigenvalue weighted by molar-refractivity contribution is -0.106. The van der Waals surface area contributed by atoms with Gasteiger partial charge in [-0.25, -0.2) is 19.6 Å². The summed E-state index contributed by atoms with van der Waals surface area (Å²) in [6.45, 7) is 8.92. The van der Waals surface area contributed by atoms with E-state index < -0.39 is 38.7 Å². The van der Waals surface area contributed by atoms with Gasteiger partial charge in [-0.2, -0.15) is 5.26 Å². The van der Waals surface area contributed by atoms with Gasteiger partial charge in [-0.3, -0.25) is 9.36 Å². The third kappa shape index (κ3) is 11.1. The first kappa shape index (κ1) is 49.1. The molecule has 0 aliphatic carbocycles. The zero-order valence-corrected chi connectivity index (χ0v) is 39.7. The Labute approximate surface area is 393 Å². The maximum atomic E-state index is 13.4. The smallest absolute Gasteiger partial charge is 0.259 e. The first-order valence-corrected chi connectivity index (χ1v) is 23.3. The van der Waals surface area contributed by atoms with E-state index in [1.807, 2.05) is 84.9 Å². The second kappa shape index (κ2) is 23.2. The molecule has 67 heavy (non-hydrogen) atoms. The SMILES string of the molecule is COCCO[C@@H]1C(OP(OCCC#N)N(C(C)C)C(C)C)[C@H](n2cnc3c(NC(=O)c4ccccc4)ncnc32)O[C@@H]1COC(c1ccccc1)(c1ccc(OC)cc1)c1ccc(OC)cc1. The minimum atomic E-state index is -1.83. The second-order valence-electron chi connectivity index (χ2n) is 16.2. The normalized spacial score (nSPS) is 17.8. The number of aromatic nitrogens is 4. The number of nitrogens with zero attached hydrogens (tertiary/aromatic N) is 6. The van der Waals surface area contributed by atoms with Crippen molar-refractivity contribution in [3.05, 3.63) is 144 Å². The monoisotopic (exact) mass is 931 g/mol. The van der Waals surface area contributed by atoms with Crippen LogP contribution in [0.4, 0.5) is 5.82 Å². The quantitative estimate of drug-likeness (QED) is 0.0367. The lowest BCUT2D eigenvalue weighted by atomic mass is 9.80. The molecule has 1 fully saturated rings. The molecule has 2 unspecified atom stereocenters. The van der Waals surface area contributed by atoms with Crippen LogP contribution in [-0.4, -0.2) is 108 Å². The van der Waals surface area contributed by atoms with Gasteiger partial charge in [-0.05, 0) is 80.8 Å². The first-order chi connectivity index (χ1) is 32.6. The highest BCUT2D eigenvalue weighted by Crippen LogP contribution is 2.52. The number of amides is 1. The molecule has 7 rings (SSSR count). The van der Waals surface area contributed by atoms with E-state index in [0.29, 0.717) is 28.2 Å². The molecule has 352 valence electrons.